The zero-order valence-electron chi connectivity index (χ0n) is 14.0. The van der Waals surface area contributed by atoms with E-state index in [4.69, 9.17) is 4.74 Å². The number of methoxy groups -OCH3 is 1. The topological polar surface area (TPSA) is 47.4 Å². The van der Waals surface area contributed by atoms with E-state index in [2.05, 4.69) is 9.55 Å². The van der Waals surface area contributed by atoms with Crippen LogP contribution in [-0.2, 0) is 24.3 Å². The molecule has 1 amide bonds. The lowest BCUT2D eigenvalue weighted by molar-refractivity contribution is -0.135. The summed E-state index contributed by atoms with van der Waals surface area (Å²) in [5.74, 6) is 1.89. The molecule has 128 valence electrons. The van der Waals surface area contributed by atoms with Gasteiger partial charge in [0.15, 0.2) is 0 Å². The molecule has 4 rings (SSSR count). The molecule has 0 unspecified atom stereocenters. The van der Waals surface area contributed by atoms with Crippen LogP contribution in [0, 0.1) is 0 Å². The molecular weight excluding hydrogens is 334 g/mol. The molecule has 0 saturated carbocycles. The largest absolute Gasteiger partial charge is 0.497 e. The van der Waals surface area contributed by atoms with Gasteiger partial charge in [-0.1, -0.05) is 18.2 Å². The van der Waals surface area contributed by atoms with Crippen LogP contribution in [0.1, 0.15) is 22.3 Å². The molecule has 3 heterocycles. The predicted molar refractivity (Wildman–Crippen MR) is 96.5 cm³/mol. The van der Waals surface area contributed by atoms with Crippen molar-refractivity contribution in [3.63, 3.8) is 0 Å². The van der Waals surface area contributed by atoms with Crippen LogP contribution >= 0.6 is 11.3 Å². The van der Waals surface area contributed by atoms with Gasteiger partial charge < -0.3 is 14.2 Å². The Kier molecular flexibility index (Phi) is 4.28. The zero-order chi connectivity index (χ0) is 17.2. The molecule has 0 spiro atoms. The third-order valence-corrected chi connectivity index (χ3v) is 5.46. The minimum Gasteiger partial charge on any atom is -0.497 e. The van der Waals surface area contributed by atoms with Gasteiger partial charge in [-0.25, -0.2) is 4.98 Å². The van der Waals surface area contributed by atoms with Gasteiger partial charge in [-0.15, -0.1) is 11.3 Å². The normalized spacial score (nSPS) is 16.5. The van der Waals surface area contributed by atoms with Gasteiger partial charge in [0.2, 0.25) is 5.91 Å². The summed E-state index contributed by atoms with van der Waals surface area (Å²) in [6, 6.07) is 12.0. The molecular formula is C19H19N3O2S. The molecule has 0 fully saturated rings. The van der Waals surface area contributed by atoms with Crippen LogP contribution in [0.25, 0.3) is 0 Å². The average Bonchev–Trinajstić information content (AvgIpc) is 3.31. The van der Waals surface area contributed by atoms with Crippen LogP contribution in [-0.4, -0.2) is 27.5 Å². The number of carbonyl (C=O) groups is 1. The van der Waals surface area contributed by atoms with Crippen molar-refractivity contribution in [2.75, 3.05) is 7.11 Å². The van der Waals surface area contributed by atoms with Crippen LogP contribution in [0.2, 0.25) is 0 Å². The van der Waals surface area contributed by atoms with Crippen molar-refractivity contribution in [1.82, 2.24) is 14.5 Å². The predicted octanol–water partition coefficient (Wildman–Crippen LogP) is 3.28. The number of aromatic nitrogens is 2. The van der Waals surface area contributed by atoms with E-state index in [1.807, 2.05) is 52.9 Å². The Morgan fingerprint density at radius 3 is 2.88 bits per heavy atom. The number of fused-ring (bicyclic) bond motifs is 1. The number of hydrogen-bond acceptors (Lipinski definition) is 4. The fraction of sp³-hybridized carbons (Fsp3) is 0.263. The number of amides is 1. The van der Waals surface area contributed by atoms with Crippen molar-refractivity contribution in [3.8, 4) is 5.75 Å². The Morgan fingerprint density at radius 1 is 1.32 bits per heavy atom. The van der Waals surface area contributed by atoms with Crippen molar-refractivity contribution in [2.45, 2.75) is 25.6 Å². The molecule has 6 heteroatoms. The fourth-order valence-corrected chi connectivity index (χ4v) is 3.94. The summed E-state index contributed by atoms with van der Waals surface area (Å²) >= 11 is 1.62. The first kappa shape index (κ1) is 15.9. The Balaban J connectivity index is 1.64. The Bertz CT molecular complexity index is 855. The molecule has 1 aromatic carbocycles. The lowest BCUT2D eigenvalue weighted by Gasteiger charge is -2.36. The molecule has 25 heavy (non-hydrogen) atoms. The van der Waals surface area contributed by atoms with Gasteiger partial charge in [-0.2, -0.15) is 0 Å². The highest BCUT2D eigenvalue weighted by molar-refractivity contribution is 7.10. The molecule has 0 aliphatic carbocycles. The molecule has 2 aromatic heterocycles. The van der Waals surface area contributed by atoms with E-state index in [9.17, 15) is 4.79 Å². The Hall–Kier alpha value is -2.60. The maximum atomic E-state index is 13.0. The minimum absolute atomic E-state index is 0.0000633. The summed E-state index contributed by atoms with van der Waals surface area (Å²) in [4.78, 5) is 20.4. The third-order valence-electron chi connectivity index (χ3n) is 4.59. The highest BCUT2D eigenvalue weighted by Crippen LogP contribution is 2.31. The van der Waals surface area contributed by atoms with E-state index in [0.717, 1.165) is 28.6 Å². The van der Waals surface area contributed by atoms with Gasteiger partial charge in [-0.05, 0) is 29.1 Å². The van der Waals surface area contributed by atoms with Gasteiger partial charge in [0.1, 0.15) is 11.6 Å². The number of rotatable bonds is 4. The number of carbonyl (C=O) groups excluding carboxylic acids is 1. The summed E-state index contributed by atoms with van der Waals surface area (Å²) in [6.45, 7) is 1.26. The van der Waals surface area contributed by atoms with E-state index in [1.165, 1.54) is 0 Å². The van der Waals surface area contributed by atoms with Gasteiger partial charge in [0.05, 0.1) is 26.1 Å². The van der Waals surface area contributed by atoms with Crippen molar-refractivity contribution in [3.05, 3.63) is 70.4 Å². The van der Waals surface area contributed by atoms with Crippen molar-refractivity contribution in [2.24, 2.45) is 0 Å². The van der Waals surface area contributed by atoms with Crippen LogP contribution in [0.4, 0.5) is 0 Å². The van der Waals surface area contributed by atoms with Gasteiger partial charge in [0, 0.05) is 23.8 Å². The standard InChI is InChI=1S/C19H19N3O2S/c1-24-15-6-4-14(5-7-15)17-12-21-9-8-20-18(21)13-22(17)19(23)11-16-3-2-10-25-16/h2-10,17H,11-13H2,1H3/t17-/m1/s1. The van der Waals surface area contributed by atoms with Crippen LogP contribution in [0.15, 0.2) is 54.2 Å². The zero-order valence-corrected chi connectivity index (χ0v) is 14.8. The van der Waals surface area contributed by atoms with E-state index < -0.39 is 0 Å². The van der Waals surface area contributed by atoms with Crippen molar-refractivity contribution in [1.29, 1.82) is 0 Å². The second-order valence-electron chi connectivity index (χ2n) is 6.06. The Morgan fingerprint density at radius 2 is 2.16 bits per heavy atom. The molecule has 0 saturated heterocycles. The summed E-state index contributed by atoms with van der Waals surface area (Å²) in [7, 11) is 1.66. The highest BCUT2D eigenvalue weighted by atomic mass is 32.1. The lowest BCUT2D eigenvalue weighted by Crippen LogP contribution is -2.41. The van der Waals surface area contributed by atoms with Gasteiger partial charge >= 0.3 is 0 Å². The van der Waals surface area contributed by atoms with Crippen LogP contribution < -0.4 is 4.74 Å². The fourth-order valence-electron chi connectivity index (χ4n) is 3.24. The minimum atomic E-state index is 0.0000633. The first-order chi connectivity index (χ1) is 12.2. The summed E-state index contributed by atoms with van der Waals surface area (Å²) in [6.07, 6.45) is 4.21. The van der Waals surface area contributed by atoms with E-state index in [-0.39, 0.29) is 11.9 Å². The average molecular weight is 353 g/mol. The second kappa shape index (κ2) is 6.72. The molecule has 3 aromatic rings. The number of hydrogen-bond donors (Lipinski definition) is 0. The molecule has 0 N–H and O–H groups in total. The number of nitrogens with zero attached hydrogens (tertiary/aromatic N) is 3. The number of thiophene rings is 1. The Labute approximate surface area is 150 Å². The molecule has 0 bridgehead atoms. The first-order valence-corrected chi connectivity index (χ1v) is 9.08. The van der Waals surface area contributed by atoms with E-state index >= 15 is 0 Å². The first-order valence-electron chi connectivity index (χ1n) is 8.20. The highest BCUT2D eigenvalue weighted by Gasteiger charge is 2.31. The molecule has 1 atom stereocenters. The van der Waals surface area contributed by atoms with Gasteiger partial charge in [0.25, 0.3) is 0 Å². The molecule has 0 radical (unpaired) electrons. The molecule has 1 aliphatic heterocycles. The van der Waals surface area contributed by atoms with Crippen LogP contribution in [0.3, 0.4) is 0 Å². The maximum Gasteiger partial charge on any atom is 0.228 e. The smallest absolute Gasteiger partial charge is 0.228 e. The monoisotopic (exact) mass is 353 g/mol. The van der Waals surface area contributed by atoms with Crippen molar-refractivity contribution >= 4 is 17.2 Å². The van der Waals surface area contributed by atoms with Gasteiger partial charge in [-0.3, -0.25) is 4.79 Å². The quantitative estimate of drug-likeness (QED) is 0.723. The summed E-state index contributed by atoms with van der Waals surface area (Å²) < 4.78 is 7.38. The second-order valence-corrected chi connectivity index (χ2v) is 7.09. The maximum absolute atomic E-state index is 13.0. The number of ether oxygens (including phenoxy) is 1. The summed E-state index contributed by atoms with van der Waals surface area (Å²) in [5, 5.41) is 2.01. The molecule has 1 aliphatic rings. The van der Waals surface area contributed by atoms with E-state index in [0.29, 0.717) is 13.0 Å². The van der Waals surface area contributed by atoms with Crippen LogP contribution in [0.5, 0.6) is 5.75 Å². The molecule has 5 nitrogen and oxygen atoms in total. The summed E-state index contributed by atoms with van der Waals surface area (Å²) in [5.41, 5.74) is 1.11. The SMILES string of the molecule is COc1ccc([C@H]2Cn3ccnc3CN2C(=O)Cc2cccs2)cc1. The van der Waals surface area contributed by atoms with Crippen molar-refractivity contribution < 1.29 is 9.53 Å². The number of benzene rings is 1. The number of imidazole rings is 1. The third kappa shape index (κ3) is 3.17. The van der Waals surface area contributed by atoms with E-state index in [1.54, 1.807) is 24.6 Å². The lowest BCUT2D eigenvalue weighted by atomic mass is 10.0.